The molecule has 7 nitrogen and oxygen atoms in total. The van der Waals surface area contributed by atoms with Crippen LogP contribution >= 0.6 is 0 Å². The summed E-state index contributed by atoms with van der Waals surface area (Å²) >= 11 is 0. The van der Waals surface area contributed by atoms with Crippen molar-refractivity contribution in [2.24, 2.45) is 0 Å². The average Bonchev–Trinajstić information content (AvgIpc) is 2.81. The number of sulfonamides is 1. The standard InChI is InChI=1S/C24H26N2O5S/c1-30-17-18-31-22-11-7-20(8-12-22)24(27)26-21-9-13-23(14-10-21)32(28,29)25-16-15-19-5-3-2-4-6-19/h2-14,25H,15-18H2,1H3,(H,26,27). The van der Waals surface area contributed by atoms with Crippen LogP contribution in [0.5, 0.6) is 5.75 Å². The Morgan fingerprint density at radius 3 is 2.22 bits per heavy atom. The molecule has 0 unspecified atom stereocenters. The van der Waals surface area contributed by atoms with Crippen LogP contribution in [-0.2, 0) is 21.2 Å². The van der Waals surface area contributed by atoms with Gasteiger partial charge in [0.05, 0.1) is 11.5 Å². The Labute approximate surface area is 188 Å². The molecular weight excluding hydrogens is 428 g/mol. The van der Waals surface area contributed by atoms with E-state index in [1.807, 2.05) is 30.3 Å². The molecule has 1 amide bonds. The van der Waals surface area contributed by atoms with Gasteiger partial charge in [-0.25, -0.2) is 13.1 Å². The molecule has 3 aromatic carbocycles. The number of carbonyl (C=O) groups excluding carboxylic acids is 1. The largest absolute Gasteiger partial charge is 0.491 e. The summed E-state index contributed by atoms with van der Waals surface area (Å²) < 4.78 is 38.0. The van der Waals surface area contributed by atoms with Crippen molar-refractivity contribution >= 4 is 21.6 Å². The average molecular weight is 455 g/mol. The third kappa shape index (κ3) is 6.91. The maximum Gasteiger partial charge on any atom is 0.255 e. The molecule has 0 aliphatic heterocycles. The van der Waals surface area contributed by atoms with E-state index in [2.05, 4.69) is 10.0 Å². The third-order valence-corrected chi connectivity index (χ3v) is 6.12. The molecule has 0 saturated heterocycles. The number of hydrogen-bond acceptors (Lipinski definition) is 5. The Balaban J connectivity index is 1.53. The molecule has 0 atom stereocenters. The van der Waals surface area contributed by atoms with Gasteiger partial charge in [0, 0.05) is 24.9 Å². The Bertz CT molecular complexity index is 1100. The summed E-state index contributed by atoms with van der Waals surface area (Å²) in [5.74, 6) is 0.345. The molecule has 0 aliphatic carbocycles. The lowest BCUT2D eigenvalue weighted by Crippen LogP contribution is -2.26. The van der Waals surface area contributed by atoms with Crippen molar-refractivity contribution in [3.8, 4) is 5.75 Å². The van der Waals surface area contributed by atoms with Crippen molar-refractivity contribution in [1.29, 1.82) is 0 Å². The minimum absolute atomic E-state index is 0.140. The molecule has 0 saturated carbocycles. The van der Waals surface area contributed by atoms with Crippen LogP contribution in [0, 0.1) is 0 Å². The van der Waals surface area contributed by atoms with Crippen LogP contribution < -0.4 is 14.8 Å². The van der Waals surface area contributed by atoms with Crippen molar-refractivity contribution in [3.63, 3.8) is 0 Å². The monoisotopic (exact) mass is 454 g/mol. The third-order valence-electron chi connectivity index (χ3n) is 4.64. The van der Waals surface area contributed by atoms with Crippen LogP contribution in [-0.4, -0.2) is 41.2 Å². The fraction of sp³-hybridized carbons (Fsp3) is 0.208. The second kappa shape index (κ2) is 11.4. The van der Waals surface area contributed by atoms with Crippen LogP contribution in [0.15, 0.2) is 83.8 Å². The molecule has 0 aliphatic rings. The van der Waals surface area contributed by atoms with Gasteiger partial charge in [0.25, 0.3) is 5.91 Å². The highest BCUT2D eigenvalue weighted by Crippen LogP contribution is 2.17. The van der Waals surface area contributed by atoms with Gasteiger partial charge >= 0.3 is 0 Å². The van der Waals surface area contributed by atoms with E-state index >= 15 is 0 Å². The topological polar surface area (TPSA) is 93.7 Å². The highest BCUT2D eigenvalue weighted by atomic mass is 32.2. The number of benzene rings is 3. The van der Waals surface area contributed by atoms with Gasteiger partial charge in [-0.2, -0.15) is 0 Å². The van der Waals surface area contributed by atoms with Crippen molar-refractivity contribution in [1.82, 2.24) is 4.72 Å². The second-order valence-electron chi connectivity index (χ2n) is 6.98. The summed E-state index contributed by atoms with van der Waals surface area (Å²) in [6, 6.07) is 22.5. The predicted molar refractivity (Wildman–Crippen MR) is 124 cm³/mol. The molecule has 3 aromatic rings. The lowest BCUT2D eigenvalue weighted by atomic mass is 10.2. The van der Waals surface area contributed by atoms with Gasteiger partial charge in [-0.1, -0.05) is 30.3 Å². The van der Waals surface area contributed by atoms with E-state index < -0.39 is 10.0 Å². The lowest BCUT2D eigenvalue weighted by molar-refractivity contribution is 0.102. The van der Waals surface area contributed by atoms with E-state index in [4.69, 9.17) is 9.47 Å². The summed E-state index contributed by atoms with van der Waals surface area (Å²) in [5, 5.41) is 2.76. The second-order valence-corrected chi connectivity index (χ2v) is 8.74. The van der Waals surface area contributed by atoms with Gasteiger partial charge in [0.1, 0.15) is 12.4 Å². The molecule has 0 bridgehead atoms. The summed E-state index contributed by atoms with van der Waals surface area (Å²) in [7, 11) is -2.03. The molecule has 0 aromatic heterocycles. The van der Waals surface area contributed by atoms with E-state index in [0.717, 1.165) is 5.56 Å². The number of anilines is 1. The van der Waals surface area contributed by atoms with Crippen LogP contribution in [0.2, 0.25) is 0 Å². The summed E-state index contributed by atoms with van der Waals surface area (Å²) in [6.45, 7) is 1.21. The zero-order valence-corrected chi connectivity index (χ0v) is 18.6. The van der Waals surface area contributed by atoms with Crippen LogP contribution in [0.25, 0.3) is 0 Å². The SMILES string of the molecule is COCCOc1ccc(C(=O)Nc2ccc(S(=O)(=O)NCCc3ccccc3)cc2)cc1. The van der Waals surface area contributed by atoms with Crippen LogP contribution in [0.4, 0.5) is 5.69 Å². The van der Waals surface area contributed by atoms with Gasteiger partial charge < -0.3 is 14.8 Å². The Morgan fingerprint density at radius 1 is 0.875 bits per heavy atom. The van der Waals surface area contributed by atoms with Crippen molar-refractivity contribution in [2.45, 2.75) is 11.3 Å². The first kappa shape index (κ1) is 23.5. The Hall–Kier alpha value is -3.20. The smallest absolute Gasteiger partial charge is 0.255 e. The first-order valence-electron chi connectivity index (χ1n) is 10.1. The highest BCUT2D eigenvalue weighted by molar-refractivity contribution is 7.89. The first-order valence-corrected chi connectivity index (χ1v) is 11.6. The predicted octanol–water partition coefficient (Wildman–Crippen LogP) is 3.49. The molecule has 2 N–H and O–H groups in total. The number of amides is 1. The number of rotatable bonds is 11. The van der Waals surface area contributed by atoms with E-state index in [1.165, 1.54) is 12.1 Å². The number of carbonyl (C=O) groups is 1. The molecule has 8 heteroatoms. The molecule has 168 valence electrons. The molecule has 0 spiro atoms. The lowest BCUT2D eigenvalue weighted by Gasteiger charge is -2.09. The zero-order chi connectivity index (χ0) is 22.8. The van der Waals surface area contributed by atoms with E-state index in [0.29, 0.717) is 43.2 Å². The maximum absolute atomic E-state index is 12.5. The highest BCUT2D eigenvalue weighted by Gasteiger charge is 2.14. The van der Waals surface area contributed by atoms with Crippen molar-refractivity contribution in [3.05, 3.63) is 90.0 Å². The first-order chi connectivity index (χ1) is 15.5. The van der Waals surface area contributed by atoms with Gasteiger partial charge in [0.2, 0.25) is 10.0 Å². The zero-order valence-electron chi connectivity index (χ0n) is 17.8. The minimum atomic E-state index is -3.63. The number of ether oxygens (including phenoxy) is 2. The van der Waals surface area contributed by atoms with E-state index in [9.17, 15) is 13.2 Å². The van der Waals surface area contributed by atoms with Crippen molar-refractivity contribution < 1.29 is 22.7 Å². The fourth-order valence-corrected chi connectivity index (χ4v) is 3.96. The van der Waals surface area contributed by atoms with Crippen LogP contribution in [0.3, 0.4) is 0 Å². The van der Waals surface area contributed by atoms with Crippen molar-refractivity contribution in [2.75, 3.05) is 32.2 Å². The fourth-order valence-electron chi connectivity index (χ4n) is 2.92. The van der Waals surface area contributed by atoms with Gasteiger partial charge in [-0.3, -0.25) is 4.79 Å². The summed E-state index contributed by atoms with van der Waals surface area (Å²) in [6.07, 6.45) is 0.602. The summed E-state index contributed by atoms with van der Waals surface area (Å²) in [5.41, 5.74) is 2.02. The Morgan fingerprint density at radius 2 is 1.56 bits per heavy atom. The number of nitrogens with one attached hydrogen (secondary N) is 2. The number of hydrogen-bond donors (Lipinski definition) is 2. The minimum Gasteiger partial charge on any atom is -0.491 e. The molecular formula is C24H26N2O5S. The molecule has 0 fully saturated rings. The molecule has 32 heavy (non-hydrogen) atoms. The molecule has 0 radical (unpaired) electrons. The Kier molecular flexibility index (Phi) is 8.38. The quantitative estimate of drug-likeness (QED) is 0.433. The normalized spacial score (nSPS) is 11.2. The van der Waals surface area contributed by atoms with Crippen LogP contribution in [0.1, 0.15) is 15.9 Å². The van der Waals surface area contributed by atoms with E-state index in [-0.39, 0.29) is 10.8 Å². The van der Waals surface area contributed by atoms with Gasteiger partial charge in [0.15, 0.2) is 0 Å². The number of methoxy groups -OCH3 is 1. The summed E-state index contributed by atoms with van der Waals surface area (Å²) in [4.78, 5) is 12.6. The van der Waals surface area contributed by atoms with Gasteiger partial charge in [-0.15, -0.1) is 0 Å². The molecule has 0 heterocycles. The van der Waals surface area contributed by atoms with E-state index in [1.54, 1.807) is 43.5 Å². The van der Waals surface area contributed by atoms with Gasteiger partial charge in [-0.05, 0) is 60.5 Å². The maximum atomic E-state index is 12.5. The molecule has 3 rings (SSSR count).